The summed E-state index contributed by atoms with van der Waals surface area (Å²) in [4.78, 5) is 30.0. The first-order valence-corrected chi connectivity index (χ1v) is 13.4. The third kappa shape index (κ3) is 5.50. The molecule has 194 valence electrons. The van der Waals surface area contributed by atoms with E-state index in [9.17, 15) is 9.59 Å². The number of aliphatic imine (C=N–C) groups is 1. The molecule has 38 heavy (non-hydrogen) atoms. The number of hydrazone groups is 1. The summed E-state index contributed by atoms with van der Waals surface area (Å²) in [5, 5.41) is 9.63. The van der Waals surface area contributed by atoms with Gasteiger partial charge in [0.05, 0.1) is 18.9 Å². The minimum Gasteiger partial charge on any atom is -0.497 e. The molecule has 0 fully saturated rings. The van der Waals surface area contributed by atoms with Gasteiger partial charge < -0.3 is 10.1 Å². The van der Waals surface area contributed by atoms with Gasteiger partial charge in [0.2, 0.25) is 5.91 Å². The van der Waals surface area contributed by atoms with Gasteiger partial charge in [-0.2, -0.15) is 10.1 Å². The summed E-state index contributed by atoms with van der Waals surface area (Å²) >= 11 is 1.30. The number of aryl methyl sites for hydroxylation is 3. The lowest BCUT2D eigenvalue weighted by Gasteiger charge is -2.23. The zero-order valence-electron chi connectivity index (χ0n) is 21.9. The van der Waals surface area contributed by atoms with Crippen molar-refractivity contribution in [1.82, 2.24) is 5.01 Å². The first kappa shape index (κ1) is 25.7. The smallest absolute Gasteiger partial charge is 0.262 e. The number of hydrogen-bond donors (Lipinski definition) is 1. The Balaban J connectivity index is 1.35. The molecule has 3 aromatic rings. The van der Waals surface area contributed by atoms with Gasteiger partial charge in [0, 0.05) is 18.5 Å². The van der Waals surface area contributed by atoms with Crippen molar-refractivity contribution in [2.24, 2.45) is 10.1 Å². The van der Waals surface area contributed by atoms with Gasteiger partial charge in [-0.25, -0.2) is 5.01 Å². The van der Waals surface area contributed by atoms with E-state index < -0.39 is 5.25 Å². The first-order chi connectivity index (χ1) is 18.3. The third-order valence-electron chi connectivity index (χ3n) is 6.75. The second-order valence-corrected chi connectivity index (χ2v) is 10.8. The van der Waals surface area contributed by atoms with Crippen molar-refractivity contribution in [1.29, 1.82) is 0 Å². The number of carbonyl (C=O) groups is 2. The minimum absolute atomic E-state index is 0.0436. The maximum absolute atomic E-state index is 12.9. The van der Waals surface area contributed by atoms with Crippen molar-refractivity contribution in [2.75, 3.05) is 12.4 Å². The molecular formula is C30H30N4O3S. The number of thioether (sulfide) groups is 1. The summed E-state index contributed by atoms with van der Waals surface area (Å²) in [5.74, 6) is 0.261. The van der Waals surface area contributed by atoms with Crippen molar-refractivity contribution in [2.45, 2.75) is 44.9 Å². The normalized spacial score (nSPS) is 18.8. The highest BCUT2D eigenvalue weighted by Gasteiger charge is 2.39. The number of carbonyl (C=O) groups excluding carboxylic acids is 2. The van der Waals surface area contributed by atoms with Gasteiger partial charge in [0.15, 0.2) is 5.17 Å². The Kier molecular flexibility index (Phi) is 7.33. The summed E-state index contributed by atoms with van der Waals surface area (Å²) in [6.07, 6.45) is 0.711. The second-order valence-electron chi connectivity index (χ2n) is 9.66. The summed E-state index contributed by atoms with van der Waals surface area (Å²) in [5.41, 5.74) is 7.03. The molecule has 7 nitrogen and oxygen atoms in total. The van der Waals surface area contributed by atoms with E-state index in [4.69, 9.17) is 9.84 Å². The highest BCUT2D eigenvalue weighted by Crippen LogP contribution is 2.39. The van der Waals surface area contributed by atoms with E-state index in [0.29, 0.717) is 11.6 Å². The number of anilines is 1. The fourth-order valence-electron chi connectivity index (χ4n) is 4.62. The molecule has 0 spiro atoms. The van der Waals surface area contributed by atoms with Gasteiger partial charge >= 0.3 is 0 Å². The Morgan fingerprint density at radius 1 is 1.03 bits per heavy atom. The Hall–Kier alpha value is -3.91. The Morgan fingerprint density at radius 2 is 1.74 bits per heavy atom. The van der Waals surface area contributed by atoms with Gasteiger partial charge in [-0.15, -0.1) is 0 Å². The van der Waals surface area contributed by atoms with Crippen molar-refractivity contribution >= 4 is 40.1 Å². The molecule has 0 saturated heterocycles. The number of methoxy groups -OCH3 is 1. The molecule has 2 atom stereocenters. The van der Waals surface area contributed by atoms with E-state index in [1.54, 1.807) is 7.11 Å². The van der Waals surface area contributed by atoms with Crippen LogP contribution in [0.3, 0.4) is 0 Å². The van der Waals surface area contributed by atoms with Gasteiger partial charge in [0.25, 0.3) is 5.91 Å². The Morgan fingerprint density at radius 3 is 2.42 bits per heavy atom. The molecule has 2 aliphatic heterocycles. The lowest BCUT2D eigenvalue weighted by Crippen LogP contribution is -2.25. The average Bonchev–Trinajstić information content (AvgIpc) is 3.50. The highest BCUT2D eigenvalue weighted by atomic mass is 32.2. The maximum atomic E-state index is 12.9. The maximum Gasteiger partial charge on any atom is 0.262 e. The number of nitrogens with one attached hydrogen (secondary N) is 1. The zero-order chi connectivity index (χ0) is 26.8. The van der Waals surface area contributed by atoms with Gasteiger partial charge in [-0.3, -0.25) is 9.59 Å². The van der Waals surface area contributed by atoms with Crippen LogP contribution in [-0.2, 0) is 9.59 Å². The monoisotopic (exact) mass is 526 g/mol. The minimum atomic E-state index is -0.588. The molecule has 0 radical (unpaired) electrons. The van der Waals surface area contributed by atoms with Crippen LogP contribution in [0.2, 0.25) is 0 Å². The van der Waals surface area contributed by atoms with Crippen LogP contribution in [-0.4, -0.2) is 40.1 Å². The summed E-state index contributed by atoms with van der Waals surface area (Å²) in [6, 6.07) is 21.9. The van der Waals surface area contributed by atoms with Crippen LogP contribution in [0, 0.1) is 20.8 Å². The zero-order valence-corrected chi connectivity index (χ0v) is 22.7. The SMILES string of the molecule is COc1ccc(C2=NN(C3=NC(=O)[C@@H](CC(=O)Nc4ccc(C)cc4C)S3)[C@@H](c3ccc(C)cc3)C2)cc1. The predicted molar refractivity (Wildman–Crippen MR) is 153 cm³/mol. The third-order valence-corrected chi connectivity index (χ3v) is 7.89. The number of ether oxygens (including phenoxy) is 1. The number of hydrogen-bond acceptors (Lipinski definition) is 6. The molecule has 2 aliphatic rings. The molecule has 0 bridgehead atoms. The van der Waals surface area contributed by atoms with Crippen LogP contribution >= 0.6 is 11.8 Å². The highest BCUT2D eigenvalue weighted by molar-refractivity contribution is 8.15. The average molecular weight is 527 g/mol. The van der Waals surface area contributed by atoms with Crippen LogP contribution < -0.4 is 10.1 Å². The second kappa shape index (κ2) is 10.8. The first-order valence-electron chi connectivity index (χ1n) is 12.5. The molecule has 0 unspecified atom stereocenters. The van der Waals surface area contributed by atoms with Crippen LogP contribution in [0.15, 0.2) is 76.8 Å². The fraction of sp³-hybridized carbons (Fsp3) is 0.267. The summed E-state index contributed by atoms with van der Waals surface area (Å²) in [6.45, 7) is 6.02. The van der Waals surface area contributed by atoms with E-state index in [0.717, 1.165) is 39.4 Å². The Labute approximate surface area is 227 Å². The van der Waals surface area contributed by atoms with Crippen LogP contribution in [0.1, 0.15) is 46.7 Å². The number of nitrogens with zero attached hydrogens (tertiary/aromatic N) is 3. The summed E-state index contributed by atoms with van der Waals surface area (Å²) in [7, 11) is 1.64. The van der Waals surface area contributed by atoms with E-state index in [2.05, 4.69) is 41.5 Å². The summed E-state index contributed by atoms with van der Waals surface area (Å²) < 4.78 is 5.30. The largest absolute Gasteiger partial charge is 0.497 e. The fourth-order valence-corrected chi connectivity index (χ4v) is 5.68. The van der Waals surface area contributed by atoms with E-state index in [1.807, 2.05) is 61.3 Å². The molecule has 8 heteroatoms. The topological polar surface area (TPSA) is 83.4 Å². The molecule has 0 saturated carbocycles. The van der Waals surface area contributed by atoms with Crippen molar-refractivity contribution in [3.63, 3.8) is 0 Å². The van der Waals surface area contributed by atoms with Crippen LogP contribution in [0.4, 0.5) is 5.69 Å². The molecule has 3 aromatic carbocycles. The van der Waals surface area contributed by atoms with E-state index in [1.165, 1.54) is 17.3 Å². The number of rotatable bonds is 6. The molecule has 2 amide bonds. The molecule has 0 aromatic heterocycles. The lowest BCUT2D eigenvalue weighted by molar-refractivity contribution is -0.121. The molecule has 2 heterocycles. The number of benzene rings is 3. The van der Waals surface area contributed by atoms with Gasteiger partial charge in [-0.1, -0.05) is 59.3 Å². The molecule has 0 aliphatic carbocycles. The van der Waals surface area contributed by atoms with Crippen LogP contribution in [0.25, 0.3) is 0 Å². The lowest BCUT2D eigenvalue weighted by atomic mass is 9.98. The number of amides is 2. The van der Waals surface area contributed by atoms with E-state index >= 15 is 0 Å². The van der Waals surface area contributed by atoms with Gasteiger partial charge in [0.1, 0.15) is 11.0 Å². The van der Waals surface area contributed by atoms with Crippen molar-refractivity contribution in [3.05, 3.63) is 94.5 Å². The van der Waals surface area contributed by atoms with Crippen molar-refractivity contribution in [3.8, 4) is 5.75 Å². The number of amidine groups is 1. The predicted octanol–water partition coefficient (Wildman–Crippen LogP) is 5.80. The van der Waals surface area contributed by atoms with E-state index in [-0.39, 0.29) is 24.3 Å². The molecular weight excluding hydrogens is 496 g/mol. The standard InChI is InChI=1S/C30H30N4O3S/c1-18-5-8-22(9-6-18)26-16-25(21-10-12-23(37-4)13-11-21)33-34(26)30-32-29(36)27(38-30)17-28(35)31-24-14-7-19(2)15-20(24)3/h5-15,26-27H,16-17H2,1-4H3,(H,31,35)/t26-,27-/m1/s1. The Bertz CT molecular complexity index is 1430. The quantitative estimate of drug-likeness (QED) is 0.439. The molecule has 1 N–H and O–H groups in total. The molecule has 5 rings (SSSR count). The van der Waals surface area contributed by atoms with Crippen molar-refractivity contribution < 1.29 is 14.3 Å². The van der Waals surface area contributed by atoms with Gasteiger partial charge in [-0.05, 0) is 67.8 Å². The van der Waals surface area contributed by atoms with Crippen LogP contribution in [0.5, 0.6) is 5.75 Å².